The largest absolute Gasteiger partial charge is 0.484 e. The van der Waals surface area contributed by atoms with Gasteiger partial charge in [0.15, 0.2) is 12.5 Å². The van der Waals surface area contributed by atoms with Crippen molar-refractivity contribution in [3.05, 3.63) is 47.7 Å². The van der Waals surface area contributed by atoms with Crippen LogP contribution in [-0.4, -0.2) is 31.8 Å². The summed E-state index contributed by atoms with van der Waals surface area (Å²) in [5.74, 6) is 1.80. The number of aryl methyl sites for hydroxylation is 1. The van der Waals surface area contributed by atoms with Gasteiger partial charge in [-0.3, -0.25) is 4.79 Å². The van der Waals surface area contributed by atoms with Crippen LogP contribution in [-0.2, 0) is 4.79 Å². The van der Waals surface area contributed by atoms with Gasteiger partial charge in [0.05, 0.1) is 6.21 Å². The van der Waals surface area contributed by atoms with Crippen LogP contribution in [0.15, 0.2) is 45.9 Å². The summed E-state index contributed by atoms with van der Waals surface area (Å²) in [6.45, 7) is 3.96. The van der Waals surface area contributed by atoms with Crippen LogP contribution in [0.5, 0.6) is 5.75 Å². The summed E-state index contributed by atoms with van der Waals surface area (Å²) in [7, 11) is 0. The third-order valence-electron chi connectivity index (χ3n) is 4.05. The first kappa shape index (κ1) is 17.1. The van der Waals surface area contributed by atoms with Gasteiger partial charge in [-0.15, -0.1) is 0 Å². The molecule has 1 aromatic heterocycles. The summed E-state index contributed by atoms with van der Waals surface area (Å²) in [5.41, 5.74) is 3.58. The molecule has 0 bridgehead atoms. The van der Waals surface area contributed by atoms with E-state index in [1.54, 1.807) is 0 Å². The molecule has 0 spiro atoms. The van der Waals surface area contributed by atoms with Gasteiger partial charge in [-0.05, 0) is 44.4 Å². The van der Waals surface area contributed by atoms with E-state index >= 15 is 0 Å². The van der Waals surface area contributed by atoms with Crippen molar-refractivity contribution >= 4 is 18.0 Å². The molecule has 1 aliphatic rings. The number of amides is 1. The minimum absolute atomic E-state index is 0.0857. The van der Waals surface area contributed by atoms with Gasteiger partial charge in [-0.2, -0.15) is 5.10 Å². The number of carbonyl (C=O) groups is 1. The Morgan fingerprint density at radius 1 is 1.20 bits per heavy atom. The zero-order valence-corrected chi connectivity index (χ0v) is 14.4. The molecular weight excluding hydrogens is 318 g/mol. The number of carbonyl (C=O) groups excluding carboxylic acids is 1. The third kappa shape index (κ3) is 5.11. The fourth-order valence-corrected chi connectivity index (χ4v) is 2.68. The lowest BCUT2D eigenvalue weighted by molar-refractivity contribution is -0.123. The highest BCUT2D eigenvalue weighted by atomic mass is 16.5. The predicted molar refractivity (Wildman–Crippen MR) is 97.2 cm³/mol. The molecule has 2 heterocycles. The summed E-state index contributed by atoms with van der Waals surface area (Å²) in [5, 5.41) is 3.91. The van der Waals surface area contributed by atoms with Crippen LogP contribution in [0, 0.1) is 6.92 Å². The number of piperidine rings is 1. The second-order valence-corrected chi connectivity index (χ2v) is 6.12. The summed E-state index contributed by atoms with van der Waals surface area (Å²) >= 11 is 0. The van der Waals surface area contributed by atoms with Crippen LogP contribution in [0.1, 0.15) is 30.6 Å². The minimum atomic E-state index is -0.320. The van der Waals surface area contributed by atoms with E-state index < -0.39 is 0 Å². The Kier molecular flexibility index (Phi) is 5.72. The maximum atomic E-state index is 11.7. The lowest BCUT2D eigenvalue weighted by Gasteiger charge is -2.25. The maximum absolute atomic E-state index is 11.7. The Hall–Kier alpha value is -2.76. The third-order valence-corrected chi connectivity index (χ3v) is 4.05. The van der Waals surface area contributed by atoms with Gasteiger partial charge in [-0.1, -0.05) is 17.7 Å². The Morgan fingerprint density at radius 2 is 1.96 bits per heavy atom. The van der Waals surface area contributed by atoms with E-state index in [9.17, 15) is 4.79 Å². The topological polar surface area (TPSA) is 67.1 Å². The molecule has 1 aliphatic heterocycles. The van der Waals surface area contributed by atoms with Crippen molar-refractivity contribution in [3.8, 4) is 5.75 Å². The molecule has 2 aromatic rings. The molecule has 0 unspecified atom stereocenters. The molecule has 1 aromatic carbocycles. The molecule has 0 radical (unpaired) electrons. The Bertz CT molecular complexity index is 716. The number of anilines is 1. The number of nitrogens with one attached hydrogen (secondary N) is 1. The minimum Gasteiger partial charge on any atom is -0.484 e. The van der Waals surface area contributed by atoms with Crippen molar-refractivity contribution in [3.63, 3.8) is 0 Å². The normalized spacial score (nSPS) is 14.7. The van der Waals surface area contributed by atoms with Crippen molar-refractivity contribution in [1.29, 1.82) is 0 Å². The van der Waals surface area contributed by atoms with Gasteiger partial charge >= 0.3 is 0 Å². The Balaban J connectivity index is 1.43. The first-order chi connectivity index (χ1) is 12.2. The number of hydrogen-bond donors (Lipinski definition) is 1. The van der Waals surface area contributed by atoms with E-state index in [1.807, 2.05) is 43.3 Å². The quantitative estimate of drug-likeness (QED) is 0.647. The molecule has 0 aliphatic carbocycles. The zero-order chi connectivity index (χ0) is 17.5. The fourth-order valence-electron chi connectivity index (χ4n) is 2.68. The van der Waals surface area contributed by atoms with Crippen molar-refractivity contribution in [2.24, 2.45) is 5.10 Å². The number of furan rings is 1. The van der Waals surface area contributed by atoms with E-state index in [2.05, 4.69) is 15.4 Å². The summed E-state index contributed by atoms with van der Waals surface area (Å²) in [4.78, 5) is 14.0. The molecule has 0 atom stereocenters. The molecule has 3 rings (SSSR count). The molecule has 1 fully saturated rings. The highest BCUT2D eigenvalue weighted by molar-refractivity contribution is 5.81. The first-order valence-corrected chi connectivity index (χ1v) is 8.57. The zero-order valence-electron chi connectivity index (χ0n) is 14.4. The summed E-state index contributed by atoms with van der Waals surface area (Å²) < 4.78 is 11.1. The molecule has 1 saturated heterocycles. The predicted octanol–water partition coefficient (Wildman–Crippen LogP) is 3.11. The number of hydrazone groups is 1. The van der Waals surface area contributed by atoms with Gasteiger partial charge < -0.3 is 14.1 Å². The van der Waals surface area contributed by atoms with Crippen molar-refractivity contribution in [1.82, 2.24) is 5.43 Å². The lowest BCUT2D eigenvalue weighted by Crippen LogP contribution is -2.28. The molecule has 132 valence electrons. The second kappa shape index (κ2) is 8.37. The molecule has 25 heavy (non-hydrogen) atoms. The summed E-state index contributed by atoms with van der Waals surface area (Å²) in [6, 6.07) is 11.3. The maximum Gasteiger partial charge on any atom is 0.277 e. The van der Waals surface area contributed by atoms with Crippen molar-refractivity contribution in [2.45, 2.75) is 26.2 Å². The smallest absolute Gasteiger partial charge is 0.277 e. The van der Waals surface area contributed by atoms with Crippen LogP contribution in [0.3, 0.4) is 0 Å². The van der Waals surface area contributed by atoms with Crippen LogP contribution in [0.25, 0.3) is 0 Å². The van der Waals surface area contributed by atoms with Crippen molar-refractivity contribution < 1.29 is 13.9 Å². The van der Waals surface area contributed by atoms with E-state index in [4.69, 9.17) is 9.15 Å². The van der Waals surface area contributed by atoms with Gasteiger partial charge in [0.25, 0.3) is 5.91 Å². The van der Waals surface area contributed by atoms with Crippen LogP contribution in [0.4, 0.5) is 5.88 Å². The number of hydrogen-bond acceptors (Lipinski definition) is 5. The average molecular weight is 341 g/mol. The molecule has 6 heteroatoms. The highest BCUT2D eigenvalue weighted by Gasteiger charge is 2.13. The average Bonchev–Trinajstić information content (AvgIpc) is 3.11. The van der Waals surface area contributed by atoms with Crippen LogP contribution in [0.2, 0.25) is 0 Å². The highest BCUT2D eigenvalue weighted by Crippen LogP contribution is 2.21. The standard InChI is InChI=1S/C19H23N3O3/c1-15-5-7-16(8-6-15)24-14-18(23)21-20-13-17-9-10-19(25-17)22-11-3-2-4-12-22/h5-10,13H,2-4,11-12,14H2,1H3,(H,21,23)/b20-13+. The number of rotatable bonds is 6. The van der Waals surface area contributed by atoms with Gasteiger partial charge in [0.2, 0.25) is 0 Å². The number of ether oxygens (including phenoxy) is 1. The van der Waals surface area contributed by atoms with Crippen molar-refractivity contribution in [2.75, 3.05) is 24.6 Å². The Labute approximate surface area is 147 Å². The van der Waals surface area contributed by atoms with Gasteiger partial charge in [-0.25, -0.2) is 5.43 Å². The molecule has 1 amide bonds. The van der Waals surface area contributed by atoms with Gasteiger partial charge in [0.1, 0.15) is 11.5 Å². The Morgan fingerprint density at radius 3 is 2.72 bits per heavy atom. The van der Waals surface area contributed by atoms with E-state index in [0.29, 0.717) is 11.5 Å². The molecule has 1 N–H and O–H groups in total. The number of nitrogens with zero attached hydrogens (tertiary/aromatic N) is 2. The van der Waals surface area contributed by atoms with E-state index in [1.165, 1.54) is 25.5 Å². The van der Waals surface area contributed by atoms with E-state index in [-0.39, 0.29) is 12.5 Å². The monoisotopic (exact) mass is 341 g/mol. The molecule has 6 nitrogen and oxygen atoms in total. The second-order valence-electron chi connectivity index (χ2n) is 6.12. The van der Waals surface area contributed by atoms with E-state index in [0.717, 1.165) is 24.5 Å². The fraction of sp³-hybridized carbons (Fsp3) is 0.368. The van der Waals surface area contributed by atoms with Crippen LogP contribution < -0.4 is 15.1 Å². The van der Waals surface area contributed by atoms with Crippen LogP contribution >= 0.6 is 0 Å². The SMILES string of the molecule is Cc1ccc(OCC(=O)N/N=C/c2ccc(N3CCCCC3)o2)cc1. The lowest BCUT2D eigenvalue weighted by atomic mass is 10.1. The summed E-state index contributed by atoms with van der Waals surface area (Å²) in [6.07, 6.45) is 5.17. The first-order valence-electron chi connectivity index (χ1n) is 8.57. The van der Waals surface area contributed by atoms with Gasteiger partial charge in [0, 0.05) is 19.2 Å². The molecule has 0 saturated carbocycles. The number of benzene rings is 1. The molecular formula is C19H23N3O3.